The van der Waals surface area contributed by atoms with Crippen LogP contribution in [0.5, 0.6) is 0 Å². The van der Waals surface area contributed by atoms with Crippen molar-refractivity contribution in [1.82, 2.24) is 15.5 Å². The zero-order valence-corrected chi connectivity index (χ0v) is 11.0. The standard InChI is InChI=1S/C10H18N4O2S/c1-3-5-12-10-14-13-9(17-10)8(15)11-6-7-16-4-2/h3-7H2,1-2H3,(H,11,15)(H,12,14). The van der Waals surface area contributed by atoms with Gasteiger partial charge in [0.25, 0.3) is 5.91 Å². The summed E-state index contributed by atoms with van der Waals surface area (Å²) >= 11 is 1.26. The molecule has 1 rings (SSSR count). The Bertz CT molecular complexity index is 343. The lowest BCUT2D eigenvalue weighted by atomic mass is 10.5. The molecule has 0 radical (unpaired) electrons. The van der Waals surface area contributed by atoms with Crippen LogP contribution in [0.4, 0.5) is 5.13 Å². The molecule has 0 saturated heterocycles. The van der Waals surface area contributed by atoms with E-state index in [-0.39, 0.29) is 5.91 Å². The van der Waals surface area contributed by atoms with E-state index in [2.05, 4.69) is 27.8 Å². The number of carbonyl (C=O) groups excluding carboxylic acids is 1. The quantitative estimate of drug-likeness (QED) is 0.683. The van der Waals surface area contributed by atoms with E-state index in [0.717, 1.165) is 13.0 Å². The number of nitrogens with zero attached hydrogens (tertiary/aromatic N) is 2. The maximum absolute atomic E-state index is 11.6. The number of anilines is 1. The first kappa shape index (κ1) is 13.9. The third-order valence-corrected chi connectivity index (χ3v) is 2.76. The van der Waals surface area contributed by atoms with Gasteiger partial charge < -0.3 is 15.4 Å². The van der Waals surface area contributed by atoms with Gasteiger partial charge in [-0.15, -0.1) is 10.2 Å². The Kier molecular flexibility index (Phi) is 6.49. The second-order valence-corrected chi connectivity index (χ2v) is 4.27. The zero-order valence-electron chi connectivity index (χ0n) is 10.2. The minimum atomic E-state index is -0.202. The van der Waals surface area contributed by atoms with Crippen molar-refractivity contribution in [1.29, 1.82) is 0 Å². The SMILES string of the molecule is CCCNc1nnc(C(=O)NCCOCC)s1. The third-order valence-electron chi connectivity index (χ3n) is 1.88. The maximum Gasteiger partial charge on any atom is 0.282 e. The number of hydrogen-bond acceptors (Lipinski definition) is 6. The second-order valence-electron chi connectivity index (χ2n) is 3.29. The van der Waals surface area contributed by atoms with Crippen molar-refractivity contribution in [3.63, 3.8) is 0 Å². The smallest absolute Gasteiger partial charge is 0.282 e. The van der Waals surface area contributed by atoms with Gasteiger partial charge in [0, 0.05) is 19.7 Å². The molecule has 0 fully saturated rings. The maximum atomic E-state index is 11.6. The lowest BCUT2D eigenvalue weighted by Gasteiger charge is -2.01. The second kappa shape index (κ2) is 7.97. The fourth-order valence-electron chi connectivity index (χ4n) is 1.08. The summed E-state index contributed by atoms with van der Waals surface area (Å²) in [7, 11) is 0. The van der Waals surface area contributed by atoms with Crippen molar-refractivity contribution in [2.75, 3.05) is 31.6 Å². The van der Waals surface area contributed by atoms with Crippen LogP contribution in [0.2, 0.25) is 0 Å². The van der Waals surface area contributed by atoms with Crippen LogP contribution in [-0.4, -0.2) is 42.4 Å². The van der Waals surface area contributed by atoms with Gasteiger partial charge in [0.15, 0.2) is 0 Å². The van der Waals surface area contributed by atoms with Gasteiger partial charge in [-0.3, -0.25) is 4.79 Å². The van der Waals surface area contributed by atoms with Crippen LogP contribution in [0.25, 0.3) is 0 Å². The highest BCUT2D eigenvalue weighted by molar-refractivity contribution is 7.17. The van der Waals surface area contributed by atoms with E-state index in [4.69, 9.17) is 4.74 Å². The molecule has 1 heterocycles. The van der Waals surface area contributed by atoms with Gasteiger partial charge in [0.05, 0.1) is 6.61 Å². The summed E-state index contributed by atoms with van der Waals surface area (Å²) in [6.45, 7) is 6.47. The molecule has 1 aromatic heterocycles. The Morgan fingerprint density at radius 3 is 2.88 bits per heavy atom. The van der Waals surface area contributed by atoms with Gasteiger partial charge in [-0.2, -0.15) is 0 Å². The summed E-state index contributed by atoms with van der Waals surface area (Å²) in [5, 5.41) is 14.6. The normalized spacial score (nSPS) is 10.2. The summed E-state index contributed by atoms with van der Waals surface area (Å²) in [4.78, 5) is 11.6. The van der Waals surface area contributed by atoms with E-state index in [1.54, 1.807) is 0 Å². The lowest BCUT2D eigenvalue weighted by Crippen LogP contribution is -2.27. The number of carbonyl (C=O) groups is 1. The first-order chi connectivity index (χ1) is 8.27. The minimum absolute atomic E-state index is 0.202. The molecule has 2 N–H and O–H groups in total. The first-order valence-corrected chi connectivity index (χ1v) is 6.52. The number of ether oxygens (including phenoxy) is 1. The topological polar surface area (TPSA) is 76.1 Å². The zero-order chi connectivity index (χ0) is 12.5. The number of aromatic nitrogens is 2. The Morgan fingerprint density at radius 1 is 1.35 bits per heavy atom. The number of hydrogen-bond donors (Lipinski definition) is 2. The molecule has 0 unspecified atom stereocenters. The van der Waals surface area contributed by atoms with Crippen molar-refractivity contribution in [2.24, 2.45) is 0 Å². The van der Waals surface area contributed by atoms with Crippen molar-refractivity contribution >= 4 is 22.4 Å². The summed E-state index contributed by atoms with van der Waals surface area (Å²) in [6, 6.07) is 0. The highest BCUT2D eigenvalue weighted by Gasteiger charge is 2.11. The number of rotatable bonds is 8. The predicted molar refractivity (Wildman–Crippen MR) is 67.5 cm³/mol. The molecule has 17 heavy (non-hydrogen) atoms. The van der Waals surface area contributed by atoms with Crippen molar-refractivity contribution in [3.05, 3.63) is 5.01 Å². The van der Waals surface area contributed by atoms with E-state index in [0.29, 0.717) is 29.9 Å². The summed E-state index contributed by atoms with van der Waals surface area (Å²) < 4.78 is 5.12. The van der Waals surface area contributed by atoms with Gasteiger partial charge >= 0.3 is 0 Å². The van der Waals surface area contributed by atoms with Crippen LogP contribution in [0.3, 0.4) is 0 Å². The number of nitrogens with one attached hydrogen (secondary N) is 2. The van der Waals surface area contributed by atoms with Gasteiger partial charge in [-0.05, 0) is 13.3 Å². The van der Waals surface area contributed by atoms with Crippen LogP contribution < -0.4 is 10.6 Å². The molecule has 0 aliphatic heterocycles. The van der Waals surface area contributed by atoms with Crippen molar-refractivity contribution in [3.8, 4) is 0 Å². The molecule has 0 aliphatic carbocycles. The Morgan fingerprint density at radius 2 is 2.18 bits per heavy atom. The molecule has 1 aromatic rings. The van der Waals surface area contributed by atoms with E-state index in [9.17, 15) is 4.79 Å². The van der Waals surface area contributed by atoms with Crippen LogP contribution >= 0.6 is 11.3 Å². The first-order valence-electron chi connectivity index (χ1n) is 5.71. The molecular formula is C10H18N4O2S. The predicted octanol–water partition coefficient (Wildman–Crippen LogP) is 1.13. The van der Waals surface area contributed by atoms with E-state index in [1.165, 1.54) is 11.3 Å². The molecule has 0 saturated carbocycles. The Hall–Kier alpha value is -1.21. The minimum Gasteiger partial charge on any atom is -0.380 e. The molecule has 0 atom stereocenters. The number of amides is 1. The molecule has 96 valence electrons. The molecular weight excluding hydrogens is 240 g/mol. The van der Waals surface area contributed by atoms with Crippen LogP contribution in [0, 0.1) is 0 Å². The molecule has 0 aliphatic rings. The molecule has 0 aromatic carbocycles. The third kappa shape index (κ3) is 5.10. The van der Waals surface area contributed by atoms with Crippen LogP contribution in [0.15, 0.2) is 0 Å². The lowest BCUT2D eigenvalue weighted by molar-refractivity contribution is 0.0921. The Balaban J connectivity index is 2.33. The van der Waals surface area contributed by atoms with E-state index < -0.39 is 0 Å². The van der Waals surface area contributed by atoms with Gasteiger partial charge in [-0.25, -0.2) is 0 Å². The van der Waals surface area contributed by atoms with Gasteiger partial charge in [0.1, 0.15) is 0 Å². The molecule has 7 heteroatoms. The molecule has 1 amide bonds. The molecule has 0 spiro atoms. The Labute approximate surface area is 105 Å². The summed E-state index contributed by atoms with van der Waals surface area (Å²) in [6.07, 6.45) is 1.01. The van der Waals surface area contributed by atoms with Crippen molar-refractivity contribution < 1.29 is 9.53 Å². The molecule has 6 nitrogen and oxygen atoms in total. The van der Waals surface area contributed by atoms with E-state index >= 15 is 0 Å². The largest absolute Gasteiger partial charge is 0.380 e. The van der Waals surface area contributed by atoms with Crippen LogP contribution in [-0.2, 0) is 4.74 Å². The highest BCUT2D eigenvalue weighted by atomic mass is 32.1. The average molecular weight is 258 g/mol. The van der Waals surface area contributed by atoms with Gasteiger partial charge in [-0.1, -0.05) is 18.3 Å². The van der Waals surface area contributed by atoms with Crippen LogP contribution in [0.1, 0.15) is 30.1 Å². The monoisotopic (exact) mass is 258 g/mol. The fourth-order valence-corrected chi connectivity index (χ4v) is 1.76. The highest BCUT2D eigenvalue weighted by Crippen LogP contribution is 2.14. The average Bonchev–Trinajstić information content (AvgIpc) is 2.80. The summed E-state index contributed by atoms with van der Waals surface area (Å²) in [5.41, 5.74) is 0. The molecule has 0 bridgehead atoms. The van der Waals surface area contributed by atoms with E-state index in [1.807, 2.05) is 6.92 Å². The van der Waals surface area contributed by atoms with Gasteiger partial charge in [0.2, 0.25) is 10.1 Å². The fraction of sp³-hybridized carbons (Fsp3) is 0.700. The summed E-state index contributed by atoms with van der Waals surface area (Å²) in [5.74, 6) is -0.202. The van der Waals surface area contributed by atoms with Crippen molar-refractivity contribution in [2.45, 2.75) is 20.3 Å².